The smallest absolute Gasteiger partial charge is 0.317 e. The topological polar surface area (TPSA) is 48.4 Å². The maximum atomic E-state index is 12.0. The molecule has 0 aliphatic heterocycles. The molecule has 0 radical (unpaired) electrons. The quantitative estimate of drug-likeness (QED) is 0.720. The van der Waals surface area contributed by atoms with Gasteiger partial charge >= 0.3 is 5.97 Å². The van der Waals surface area contributed by atoms with Gasteiger partial charge in [0.25, 0.3) is 0 Å². The Morgan fingerprint density at radius 1 is 1.47 bits per heavy atom. The predicted octanol–water partition coefficient (Wildman–Crippen LogP) is 3.47. The second-order valence-corrected chi connectivity index (χ2v) is 5.82. The van der Waals surface area contributed by atoms with Crippen LogP contribution >= 0.6 is 11.3 Å². The summed E-state index contributed by atoms with van der Waals surface area (Å²) in [4.78, 5) is 16.5. The number of carbonyl (C=O) groups is 1. The summed E-state index contributed by atoms with van der Waals surface area (Å²) < 4.78 is 10.5. The largest absolute Gasteiger partial charge is 0.465 e. The Bertz CT molecular complexity index is 415. The number of nitrogens with zero attached hydrogens (tertiary/aromatic N) is 1. The van der Waals surface area contributed by atoms with Crippen molar-refractivity contribution in [3.8, 4) is 0 Å². The molecule has 1 heterocycles. The number of esters is 1. The summed E-state index contributed by atoms with van der Waals surface area (Å²) in [6, 6.07) is 0. The van der Waals surface area contributed by atoms with E-state index in [0.717, 1.165) is 23.5 Å². The van der Waals surface area contributed by atoms with Gasteiger partial charge in [-0.2, -0.15) is 0 Å². The Balaban J connectivity index is 2.91. The van der Waals surface area contributed by atoms with Crippen LogP contribution in [-0.2, 0) is 19.7 Å². The summed E-state index contributed by atoms with van der Waals surface area (Å²) in [5, 5.41) is 2.85. The monoisotopic (exact) mass is 285 g/mol. The minimum absolute atomic E-state index is 0.0155. The highest BCUT2D eigenvalue weighted by Gasteiger charge is 2.34. The van der Waals surface area contributed by atoms with Crippen molar-refractivity contribution >= 4 is 17.3 Å². The van der Waals surface area contributed by atoms with Gasteiger partial charge in [0.15, 0.2) is 0 Å². The molecule has 0 saturated carbocycles. The summed E-state index contributed by atoms with van der Waals surface area (Å²) >= 11 is 1.54. The number of methoxy groups -OCH3 is 1. The van der Waals surface area contributed by atoms with Crippen LogP contribution < -0.4 is 0 Å². The van der Waals surface area contributed by atoms with Crippen LogP contribution in [0.25, 0.3) is 0 Å². The standard InChI is InChI=1S/C14H23NO3S/c1-6-8-10(17-5)12-15-11(9-19-12)14(3,4)13(16)18-7-2/h9-10H,6-8H2,1-5H3. The van der Waals surface area contributed by atoms with Crippen LogP contribution in [-0.4, -0.2) is 24.7 Å². The summed E-state index contributed by atoms with van der Waals surface area (Å²) in [5.41, 5.74) is 0.0408. The minimum Gasteiger partial charge on any atom is -0.465 e. The first-order valence-electron chi connectivity index (χ1n) is 6.63. The number of carbonyl (C=O) groups excluding carboxylic acids is 1. The van der Waals surface area contributed by atoms with Gasteiger partial charge in [0.2, 0.25) is 0 Å². The van der Waals surface area contributed by atoms with E-state index in [-0.39, 0.29) is 12.1 Å². The molecule has 1 aromatic rings. The number of hydrogen-bond donors (Lipinski definition) is 0. The molecular formula is C14H23NO3S. The molecule has 1 rings (SSSR count). The Kier molecular flexibility index (Phi) is 5.94. The van der Waals surface area contributed by atoms with Crippen molar-refractivity contribution in [2.75, 3.05) is 13.7 Å². The fourth-order valence-electron chi connectivity index (χ4n) is 1.74. The molecule has 0 aromatic carbocycles. The molecule has 0 aliphatic rings. The molecule has 0 aliphatic carbocycles. The lowest BCUT2D eigenvalue weighted by Crippen LogP contribution is -2.31. The van der Waals surface area contributed by atoms with Crippen molar-refractivity contribution in [2.24, 2.45) is 0 Å². The maximum Gasteiger partial charge on any atom is 0.317 e. The van der Waals surface area contributed by atoms with Crippen LogP contribution in [0.3, 0.4) is 0 Å². The lowest BCUT2D eigenvalue weighted by molar-refractivity contribution is -0.148. The van der Waals surface area contributed by atoms with E-state index >= 15 is 0 Å². The summed E-state index contributed by atoms with van der Waals surface area (Å²) in [5.74, 6) is -0.240. The van der Waals surface area contributed by atoms with E-state index in [4.69, 9.17) is 9.47 Å². The van der Waals surface area contributed by atoms with Gasteiger partial charge in [0.05, 0.1) is 12.3 Å². The van der Waals surface area contributed by atoms with Crippen molar-refractivity contribution in [3.63, 3.8) is 0 Å². The van der Waals surface area contributed by atoms with Crippen molar-refractivity contribution < 1.29 is 14.3 Å². The first-order valence-corrected chi connectivity index (χ1v) is 7.51. The molecule has 1 unspecified atom stereocenters. The first-order chi connectivity index (χ1) is 8.97. The van der Waals surface area contributed by atoms with Crippen LogP contribution in [0, 0.1) is 0 Å². The van der Waals surface area contributed by atoms with Crippen LogP contribution in [0.15, 0.2) is 5.38 Å². The number of ether oxygens (including phenoxy) is 2. The molecule has 0 spiro atoms. The third-order valence-corrected chi connectivity index (χ3v) is 4.00. The van der Waals surface area contributed by atoms with E-state index in [9.17, 15) is 4.79 Å². The van der Waals surface area contributed by atoms with Gasteiger partial charge in [-0.05, 0) is 27.2 Å². The third kappa shape index (κ3) is 3.76. The van der Waals surface area contributed by atoms with Crippen molar-refractivity contribution in [2.45, 2.75) is 52.1 Å². The van der Waals surface area contributed by atoms with Gasteiger partial charge in [-0.1, -0.05) is 13.3 Å². The molecule has 1 aromatic heterocycles. The van der Waals surface area contributed by atoms with E-state index in [1.54, 1.807) is 18.4 Å². The first kappa shape index (κ1) is 16.1. The molecule has 0 fully saturated rings. The second kappa shape index (κ2) is 7.01. The van der Waals surface area contributed by atoms with Crippen molar-refractivity contribution in [1.82, 2.24) is 4.98 Å². The van der Waals surface area contributed by atoms with Crippen LogP contribution in [0.4, 0.5) is 0 Å². The molecule has 19 heavy (non-hydrogen) atoms. The highest BCUT2D eigenvalue weighted by Crippen LogP contribution is 2.31. The fraction of sp³-hybridized carbons (Fsp3) is 0.714. The van der Waals surface area contributed by atoms with Gasteiger partial charge in [0, 0.05) is 12.5 Å². The highest BCUT2D eigenvalue weighted by molar-refractivity contribution is 7.09. The van der Waals surface area contributed by atoms with Gasteiger partial charge < -0.3 is 9.47 Å². The molecule has 4 nitrogen and oxygen atoms in total. The van der Waals surface area contributed by atoms with Gasteiger partial charge in [-0.15, -0.1) is 11.3 Å². The van der Waals surface area contributed by atoms with Crippen LogP contribution in [0.2, 0.25) is 0 Å². The third-order valence-electron chi connectivity index (χ3n) is 3.06. The van der Waals surface area contributed by atoms with Crippen molar-refractivity contribution in [3.05, 3.63) is 16.1 Å². The van der Waals surface area contributed by atoms with E-state index in [0.29, 0.717) is 6.61 Å². The molecule has 5 heteroatoms. The number of aromatic nitrogens is 1. The number of thiazole rings is 1. The lowest BCUT2D eigenvalue weighted by atomic mass is 9.90. The maximum absolute atomic E-state index is 12.0. The second-order valence-electron chi connectivity index (χ2n) is 4.93. The number of hydrogen-bond acceptors (Lipinski definition) is 5. The van der Waals surface area contributed by atoms with Crippen LogP contribution in [0.5, 0.6) is 0 Å². The predicted molar refractivity (Wildman–Crippen MR) is 76.4 cm³/mol. The summed E-state index contributed by atoms with van der Waals surface area (Å²) in [6.07, 6.45) is 1.99. The Morgan fingerprint density at radius 2 is 2.16 bits per heavy atom. The van der Waals surface area contributed by atoms with Crippen LogP contribution in [0.1, 0.15) is 57.3 Å². The molecule has 1 atom stereocenters. The highest BCUT2D eigenvalue weighted by atomic mass is 32.1. The Labute approximate surface area is 119 Å². The van der Waals surface area contributed by atoms with Gasteiger partial charge in [-0.25, -0.2) is 4.98 Å². The van der Waals surface area contributed by atoms with E-state index < -0.39 is 5.41 Å². The van der Waals surface area contributed by atoms with Gasteiger partial charge in [0.1, 0.15) is 16.5 Å². The molecule has 0 bridgehead atoms. The van der Waals surface area contributed by atoms with E-state index in [1.807, 2.05) is 26.2 Å². The Hall–Kier alpha value is -0.940. The summed E-state index contributed by atoms with van der Waals surface area (Å²) in [7, 11) is 1.69. The molecule has 0 saturated heterocycles. The van der Waals surface area contributed by atoms with E-state index in [2.05, 4.69) is 11.9 Å². The van der Waals surface area contributed by atoms with E-state index in [1.165, 1.54) is 0 Å². The average Bonchev–Trinajstić information content (AvgIpc) is 2.86. The summed E-state index contributed by atoms with van der Waals surface area (Å²) in [6.45, 7) is 7.98. The fourth-order valence-corrected chi connectivity index (χ4v) is 2.84. The molecule has 0 amide bonds. The van der Waals surface area contributed by atoms with Crippen molar-refractivity contribution in [1.29, 1.82) is 0 Å². The normalized spacial score (nSPS) is 13.3. The zero-order chi connectivity index (χ0) is 14.5. The zero-order valence-electron chi connectivity index (χ0n) is 12.4. The molecule has 108 valence electrons. The zero-order valence-corrected chi connectivity index (χ0v) is 13.2. The number of rotatable bonds is 7. The minimum atomic E-state index is -0.713. The lowest BCUT2D eigenvalue weighted by Gasteiger charge is -2.20. The molecule has 0 N–H and O–H groups in total. The Morgan fingerprint density at radius 3 is 2.68 bits per heavy atom. The average molecular weight is 285 g/mol. The van der Waals surface area contributed by atoms with Gasteiger partial charge in [-0.3, -0.25) is 4.79 Å². The molecular weight excluding hydrogens is 262 g/mol. The SMILES string of the molecule is CCCC(OC)c1nc(C(C)(C)C(=O)OCC)cs1.